The summed E-state index contributed by atoms with van der Waals surface area (Å²) in [5, 5.41) is 6.09. The summed E-state index contributed by atoms with van der Waals surface area (Å²) in [6, 6.07) is -0.0926. The molecule has 0 aromatic heterocycles. The molecule has 2 aliphatic rings. The highest BCUT2D eigenvalue weighted by molar-refractivity contribution is 5.98. The number of fused-ring (bicyclic) bond motifs is 1. The molecule has 1 aliphatic carbocycles. The van der Waals surface area contributed by atoms with Gasteiger partial charge in [0.05, 0.1) is 6.67 Å². The van der Waals surface area contributed by atoms with Crippen molar-refractivity contribution in [2.75, 3.05) is 6.67 Å². The van der Waals surface area contributed by atoms with E-state index in [0.29, 0.717) is 6.67 Å². The third-order valence-electron chi connectivity index (χ3n) is 1.73. The van der Waals surface area contributed by atoms with Crippen LogP contribution < -0.4 is 10.6 Å². The van der Waals surface area contributed by atoms with E-state index in [1.54, 1.807) is 12.2 Å². The molecule has 0 bridgehead atoms. The molecular weight excluding hydrogens is 128 g/mol. The van der Waals surface area contributed by atoms with Gasteiger partial charge < -0.3 is 5.32 Å². The van der Waals surface area contributed by atoms with Crippen molar-refractivity contribution in [3.8, 4) is 0 Å². The minimum absolute atomic E-state index is 0.0926. The average molecular weight is 136 g/mol. The van der Waals surface area contributed by atoms with E-state index in [0.717, 1.165) is 5.70 Å². The number of carbonyl (C=O) groups excluding carboxylic acids is 1. The lowest BCUT2D eigenvalue weighted by molar-refractivity contribution is -0.115. The van der Waals surface area contributed by atoms with Crippen LogP contribution in [0.5, 0.6) is 0 Å². The van der Waals surface area contributed by atoms with Crippen LogP contribution in [0.15, 0.2) is 23.9 Å². The Balaban J connectivity index is 2.33. The molecule has 1 heterocycles. The average Bonchev–Trinajstić information content (AvgIpc) is 2.36. The molecule has 3 heteroatoms. The smallest absolute Gasteiger partial charge is 0.178 e. The van der Waals surface area contributed by atoms with Crippen molar-refractivity contribution in [1.82, 2.24) is 10.6 Å². The quantitative estimate of drug-likeness (QED) is 0.473. The molecule has 1 unspecified atom stereocenters. The molecule has 52 valence electrons. The molecule has 1 saturated heterocycles. The molecule has 1 atom stereocenters. The van der Waals surface area contributed by atoms with Crippen LogP contribution in [0.25, 0.3) is 0 Å². The molecule has 0 spiro atoms. The number of ketones is 1. The van der Waals surface area contributed by atoms with Crippen LogP contribution in [-0.2, 0) is 4.79 Å². The maximum Gasteiger partial charge on any atom is 0.178 e. The zero-order valence-electron chi connectivity index (χ0n) is 5.42. The number of nitrogens with one attached hydrogen (secondary N) is 2. The largest absolute Gasteiger partial charge is 0.374 e. The fraction of sp³-hybridized carbons (Fsp3) is 0.286. The molecule has 0 aromatic rings. The van der Waals surface area contributed by atoms with Crippen molar-refractivity contribution in [3.05, 3.63) is 23.9 Å². The predicted molar refractivity (Wildman–Crippen MR) is 37.2 cm³/mol. The first-order valence-electron chi connectivity index (χ1n) is 3.27. The first-order valence-corrected chi connectivity index (χ1v) is 3.27. The Bertz CT molecular complexity index is 230. The molecule has 1 fully saturated rings. The van der Waals surface area contributed by atoms with Crippen molar-refractivity contribution in [1.29, 1.82) is 0 Å². The number of carbonyl (C=O) groups is 1. The lowest BCUT2D eigenvalue weighted by atomic mass is 10.1. The Morgan fingerprint density at radius 2 is 2.50 bits per heavy atom. The summed E-state index contributed by atoms with van der Waals surface area (Å²) in [5.74, 6) is 0.141. The van der Waals surface area contributed by atoms with Gasteiger partial charge in [0, 0.05) is 5.70 Å². The van der Waals surface area contributed by atoms with Crippen LogP contribution in [0.4, 0.5) is 0 Å². The highest BCUT2D eigenvalue weighted by Crippen LogP contribution is 2.10. The standard InChI is InChI=1S/C7H8N2O/c10-6-3-1-2-5-7(6)9-4-8-5/h1-3,7-9H,4H2. The van der Waals surface area contributed by atoms with Gasteiger partial charge in [-0.3, -0.25) is 10.1 Å². The van der Waals surface area contributed by atoms with Gasteiger partial charge in [0.15, 0.2) is 5.78 Å². The van der Waals surface area contributed by atoms with E-state index in [2.05, 4.69) is 10.6 Å². The third kappa shape index (κ3) is 0.675. The summed E-state index contributed by atoms with van der Waals surface area (Å²) >= 11 is 0. The molecule has 2 rings (SSSR count). The van der Waals surface area contributed by atoms with Crippen molar-refractivity contribution in [2.45, 2.75) is 6.04 Å². The Hall–Kier alpha value is -1.09. The fourth-order valence-corrected chi connectivity index (χ4v) is 1.22. The van der Waals surface area contributed by atoms with E-state index in [-0.39, 0.29) is 11.8 Å². The van der Waals surface area contributed by atoms with Crippen LogP contribution in [0, 0.1) is 0 Å². The van der Waals surface area contributed by atoms with Gasteiger partial charge in [-0.15, -0.1) is 0 Å². The van der Waals surface area contributed by atoms with E-state index in [4.69, 9.17) is 0 Å². The van der Waals surface area contributed by atoms with Gasteiger partial charge in [0.25, 0.3) is 0 Å². The Labute approximate surface area is 58.8 Å². The summed E-state index contributed by atoms with van der Waals surface area (Å²) in [4.78, 5) is 11.0. The van der Waals surface area contributed by atoms with E-state index in [1.165, 1.54) is 0 Å². The lowest BCUT2D eigenvalue weighted by Gasteiger charge is -2.09. The lowest BCUT2D eigenvalue weighted by Crippen LogP contribution is -2.31. The predicted octanol–water partition coefficient (Wildman–Crippen LogP) is -0.472. The molecule has 10 heavy (non-hydrogen) atoms. The van der Waals surface area contributed by atoms with E-state index in [9.17, 15) is 4.79 Å². The maximum atomic E-state index is 11.0. The number of hydrogen-bond acceptors (Lipinski definition) is 3. The highest BCUT2D eigenvalue weighted by atomic mass is 16.1. The molecule has 0 amide bonds. The monoisotopic (exact) mass is 136 g/mol. The van der Waals surface area contributed by atoms with Gasteiger partial charge >= 0.3 is 0 Å². The summed E-state index contributed by atoms with van der Waals surface area (Å²) < 4.78 is 0. The molecule has 0 radical (unpaired) electrons. The molecule has 0 saturated carbocycles. The van der Waals surface area contributed by atoms with Crippen molar-refractivity contribution < 1.29 is 4.79 Å². The minimum Gasteiger partial charge on any atom is -0.374 e. The molecule has 2 N–H and O–H groups in total. The number of rotatable bonds is 0. The van der Waals surface area contributed by atoms with E-state index >= 15 is 0 Å². The normalized spacial score (nSPS) is 29.4. The van der Waals surface area contributed by atoms with Crippen molar-refractivity contribution in [2.24, 2.45) is 0 Å². The number of hydrogen-bond donors (Lipinski definition) is 2. The Morgan fingerprint density at radius 1 is 1.60 bits per heavy atom. The molecule has 3 nitrogen and oxygen atoms in total. The summed E-state index contributed by atoms with van der Waals surface area (Å²) in [5.41, 5.74) is 0.993. The SMILES string of the molecule is O=C1C=CC=C2NCNC12. The second-order valence-corrected chi connectivity index (χ2v) is 2.37. The van der Waals surface area contributed by atoms with Gasteiger partial charge in [0.2, 0.25) is 0 Å². The summed E-state index contributed by atoms with van der Waals surface area (Å²) in [6.07, 6.45) is 5.29. The zero-order valence-corrected chi connectivity index (χ0v) is 5.42. The third-order valence-corrected chi connectivity index (χ3v) is 1.73. The van der Waals surface area contributed by atoms with E-state index in [1.807, 2.05) is 6.08 Å². The van der Waals surface area contributed by atoms with Crippen LogP contribution in [0.2, 0.25) is 0 Å². The number of allylic oxidation sites excluding steroid dienone is 2. The topological polar surface area (TPSA) is 41.1 Å². The molecule has 0 aromatic carbocycles. The fourth-order valence-electron chi connectivity index (χ4n) is 1.22. The Kier molecular flexibility index (Phi) is 1.11. The minimum atomic E-state index is -0.0926. The van der Waals surface area contributed by atoms with Crippen LogP contribution in [0.1, 0.15) is 0 Å². The Morgan fingerprint density at radius 3 is 3.30 bits per heavy atom. The van der Waals surface area contributed by atoms with Crippen LogP contribution in [-0.4, -0.2) is 18.5 Å². The molecular formula is C7H8N2O. The van der Waals surface area contributed by atoms with Gasteiger partial charge in [-0.25, -0.2) is 0 Å². The second kappa shape index (κ2) is 1.95. The van der Waals surface area contributed by atoms with Gasteiger partial charge in [-0.1, -0.05) is 6.08 Å². The zero-order chi connectivity index (χ0) is 6.97. The van der Waals surface area contributed by atoms with Crippen molar-refractivity contribution >= 4 is 5.78 Å². The summed E-state index contributed by atoms with van der Waals surface area (Å²) in [6.45, 7) is 0.698. The first kappa shape index (κ1) is 5.68. The van der Waals surface area contributed by atoms with Crippen molar-refractivity contribution in [3.63, 3.8) is 0 Å². The van der Waals surface area contributed by atoms with Gasteiger partial charge in [-0.05, 0) is 12.2 Å². The van der Waals surface area contributed by atoms with E-state index < -0.39 is 0 Å². The van der Waals surface area contributed by atoms with Gasteiger partial charge in [-0.2, -0.15) is 0 Å². The van der Waals surface area contributed by atoms with Crippen LogP contribution in [0.3, 0.4) is 0 Å². The summed E-state index contributed by atoms with van der Waals surface area (Å²) in [7, 11) is 0. The second-order valence-electron chi connectivity index (χ2n) is 2.37. The maximum absolute atomic E-state index is 11.0. The first-order chi connectivity index (χ1) is 4.88. The van der Waals surface area contributed by atoms with Gasteiger partial charge in [0.1, 0.15) is 6.04 Å². The van der Waals surface area contributed by atoms with Crippen LogP contribution >= 0.6 is 0 Å². The highest BCUT2D eigenvalue weighted by Gasteiger charge is 2.26. The molecule has 1 aliphatic heterocycles.